The summed E-state index contributed by atoms with van der Waals surface area (Å²) in [6.07, 6.45) is 0. The number of alkyl halides is 4. The van der Waals surface area contributed by atoms with Gasteiger partial charge in [-0.2, -0.15) is 0 Å². The Labute approximate surface area is 187 Å². The molecule has 0 heterocycles. The van der Waals surface area contributed by atoms with Crippen molar-refractivity contribution < 1.29 is 27.2 Å². The van der Waals surface area contributed by atoms with Crippen LogP contribution < -0.4 is 0 Å². The number of rotatable bonds is 15. The normalized spacial score (nSPS) is 22.3. The van der Waals surface area contributed by atoms with E-state index in [1.165, 1.54) is 6.92 Å². The summed E-state index contributed by atoms with van der Waals surface area (Å²) in [7, 11) is -3.77. The summed E-state index contributed by atoms with van der Waals surface area (Å²) in [5, 5.41) is -1.41. The summed E-state index contributed by atoms with van der Waals surface area (Å²) in [4.78, 5) is 0. The van der Waals surface area contributed by atoms with Gasteiger partial charge in [0.15, 0.2) is 5.85 Å². The second-order valence-corrected chi connectivity index (χ2v) is 14.3. The van der Waals surface area contributed by atoms with Crippen LogP contribution in [0.5, 0.6) is 0 Å². The van der Waals surface area contributed by atoms with Crippen LogP contribution in [0.15, 0.2) is 0 Å². The molecule has 0 bridgehead atoms. The monoisotopic (exact) mass is 526 g/mol. The summed E-state index contributed by atoms with van der Waals surface area (Å²) in [6, 6.07) is 0. The predicted molar refractivity (Wildman–Crippen MR) is 118 cm³/mol. The van der Waals surface area contributed by atoms with E-state index in [1.807, 2.05) is 0 Å². The topological polar surface area (TPSA) is 63.2 Å². The maximum absolute atomic E-state index is 13.2. The van der Waals surface area contributed by atoms with Crippen molar-refractivity contribution in [1.82, 2.24) is 0 Å². The van der Waals surface area contributed by atoms with Crippen LogP contribution >= 0.6 is 60.7 Å². The van der Waals surface area contributed by atoms with Gasteiger partial charge in [0.1, 0.15) is 0 Å². The Bertz CT molecular complexity index is 478. The van der Waals surface area contributed by atoms with Gasteiger partial charge >= 0.3 is 14.3 Å². The molecule has 0 radical (unpaired) electrons. The third-order valence-corrected chi connectivity index (χ3v) is 7.70. The van der Waals surface area contributed by atoms with Gasteiger partial charge in [0.05, 0.1) is 47.9 Å². The van der Waals surface area contributed by atoms with E-state index >= 15 is 0 Å². The van der Waals surface area contributed by atoms with Crippen LogP contribution in [0.25, 0.3) is 0 Å². The van der Waals surface area contributed by atoms with Gasteiger partial charge in [-0.3, -0.25) is 9.09 Å². The minimum Gasteiger partial charge on any atom is -0.307 e. The largest absolute Gasteiger partial charge is 0.359 e. The molecule has 5 unspecified atom stereocenters. The highest BCUT2D eigenvalue weighted by molar-refractivity contribution is 8.07. The summed E-state index contributed by atoms with van der Waals surface area (Å²) in [5.74, 6) is -1.08. The first kappa shape index (κ1) is 28.8. The first-order valence-electron chi connectivity index (χ1n) is 8.32. The molecule has 164 valence electrons. The van der Waals surface area contributed by atoms with Crippen molar-refractivity contribution in [2.75, 3.05) is 26.4 Å². The lowest BCUT2D eigenvalue weighted by atomic mass is 10.5. The molecule has 0 spiro atoms. The fourth-order valence-electron chi connectivity index (χ4n) is 1.39. The number of hydrogen-bond donors (Lipinski definition) is 0. The lowest BCUT2D eigenvalue weighted by Crippen LogP contribution is -2.19. The van der Waals surface area contributed by atoms with Crippen LogP contribution in [0.3, 0.4) is 0 Å². The molecule has 0 aromatic heterocycles. The molecule has 0 aromatic rings. The SMILES string of the molecule is CC(Cl)COP(=O)(OCC(C)Cl)C(C)OP(=S)(OCC(C)Cl)OCC(C)Cl. The fourth-order valence-corrected chi connectivity index (χ4v) is 6.51. The lowest BCUT2D eigenvalue weighted by molar-refractivity contribution is 0.119. The molecule has 0 aliphatic carbocycles. The van der Waals surface area contributed by atoms with Crippen molar-refractivity contribution in [2.45, 2.75) is 62.0 Å². The van der Waals surface area contributed by atoms with Gasteiger partial charge in [-0.1, -0.05) is 0 Å². The fraction of sp³-hybridized carbons (Fsp3) is 1.00. The maximum Gasteiger partial charge on any atom is 0.359 e. The van der Waals surface area contributed by atoms with Crippen molar-refractivity contribution in [3.05, 3.63) is 0 Å². The number of halogens is 4. The van der Waals surface area contributed by atoms with E-state index in [1.54, 1.807) is 27.7 Å². The van der Waals surface area contributed by atoms with E-state index in [0.29, 0.717) is 0 Å². The molecule has 0 fully saturated rings. The van der Waals surface area contributed by atoms with Gasteiger partial charge in [0.2, 0.25) is 0 Å². The smallest absolute Gasteiger partial charge is 0.307 e. The van der Waals surface area contributed by atoms with Crippen LogP contribution in [0.1, 0.15) is 34.6 Å². The van der Waals surface area contributed by atoms with Crippen LogP contribution in [0.4, 0.5) is 0 Å². The summed E-state index contributed by atoms with van der Waals surface area (Å²) in [5.41, 5.74) is 0. The van der Waals surface area contributed by atoms with Crippen molar-refractivity contribution in [2.24, 2.45) is 0 Å². The molecule has 6 nitrogen and oxygen atoms in total. The quantitative estimate of drug-likeness (QED) is 0.182. The molecule has 5 atom stereocenters. The molecule has 0 aromatic carbocycles. The zero-order valence-electron chi connectivity index (χ0n) is 16.0. The third-order valence-electron chi connectivity index (χ3n) is 2.62. The molecule has 0 aliphatic heterocycles. The van der Waals surface area contributed by atoms with Gasteiger partial charge in [-0.25, -0.2) is 0 Å². The van der Waals surface area contributed by atoms with Crippen LogP contribution in [0, 0.1) is 0 Å². The molecular weight excluding hydrogens is 500 g/mol. The Morgan fingerprint density at radius 3 is 1.30 bits per heavy atom. The molecule has 0 saturated carbocycles. The molecule has 13 heteroatoms. The Hall–Kier alpha value is 1.84. The van der Waals surface area contributed by atoms with E-state index in [-0.39, 0.29) is 47.9 Å². The first-order chi connectivity index (χ1) is 12.3. The van der Waals surface area contributed by atoms with Gasteiger partial charge in [-0.15, -0.1) is 46.4 Å². The van der Waals surface area contributed by atoms with E-state index in [0.717, 1.165) is 0 Å². The minimum atomic E-state index is -3.77. The molecule has 0 aliphatic rings. The summed E-state index contributed by atoms with van der Waals surface area (Å²) in [6.45, 7) is 5.21. The lowest BCUT2D eigenvalue weighted by Gasteiger charge is -2.30. The summed E-state index contributed by atoms with van der Waals surface area (Å²) >= 11 is 29.0. The second-order valence-electron chi connectivity index (χ2n) is 6.00. The van der Waals surface area contributed by atoms with Crippen LogP contribution in [0.2, 0.25) is 0 Å². The summed E-state index contributed by atoms with van der Waals surface area (Å²) < 4.78 is 40.9. The average molecular weight is 528 g/mol. The van der Waals surface area contributed by atoms with Gasteiger partial charge in [0, 0.05) is 0 Å². The van der Waals surface area contributed by atoms with E-state index in [4.69, 9.17) is 80.8 Å². The van der Waals surface area contributed by atoms with Crippen LogP contribution in [-0.4, -0.2) is 53.8 Å². The van der Waals surface area contributed by atoms with E-state index in [2.05, 4.69) is 0 Å². The van der Waals surface area contributed by atoms with Crippen molar-refractivity contribution in [1.29, 1.82) is 0 Å². The predicted octanol–water partition coefficient (Wildman–Crippen LogP) is 6.34. The zero-order valence-corrected chi connectivity index (χ0v) is 21.6. The Morgan fingerprint density at radius 2 is 1.00 bits per heavy atom. The first-order valence-corrected chi connectivity index (χ1v) is 14.2. The van der Waals surface area contributed by atoms with Gasteiger partial charge in [0.25, 0.3) is 0 Å². The Kier molecular flexibility index (Phi) is 15.0. The highest BCUT2D eigenvalue weighted by Crippen LogP contribution is 2.61. The van der Waals surface area contributed by atoms with E-state index in [9.17, 15) is 4.57 Å². The van der Waals surface area contributed by atoms with Gasteiger partial charge < -0.3 is 18.1 Å². The Balaban J connectivity index is 5.32. The van der Waals surface area contributed by atoms with Crippen molar-refractivity contribution >= 4 is 72.5 Å². The van der Waals surface area contributed by atoms with Crippen LogP contribution in [-0.2, 0) is 39.0 Å². The second kappa shape index (κ2) is 14.0. The molecule has 0 amide bonds. The van der Waals surface area contributed by atoms with Gasteiger partial charge in [-0.05, 0) is 46.4 Å². The molecule has 0 rings (SSSR count). The Morgan fingerprint density at radius 1 is 0.704 bits per heavy atom. The van der Waals surface area contributed by atoms with Crippen molar-refractivity contribution in [3.63, 3.8) is 0 Å². The molecule has 0 N–H and O–H groups in total. The maximum atomic E-state index is 13.2. The number of hydrogen-bond acceptors (Lipinski definition) is 7. The highest BCUT2D eigenvalue weighted by atomic mass is 35.5. The molecule has 0 saturated heterocycles. The highest BCUT2D eigenvalue weighted by Gasteiger charge is 2.39. The zero-order chi connectivity index (χ0) is 21.3. The van der Waals surface area contributed by atoms with E-state index < -0.39 is 20.2 Å². The molecular formula is C14H28Cl4O6P2S. The standard InChI is InChI=1S/C14H28Cl4O6P2S/c1-10(15)6-20-25(19,21-7-11(2)16)14(5)24-26(27,22-8-12(3)17)23-9-13(4)18/h10-14H,6-9H2,1-5H3. The average Bonchev–Trinajstić information content (AvgIpc) is 2.54. The third kappa shape index (κ3) is 13.7. The van der Waals surface area contributed by atoms with Crippen molar-refractivity contribution in [3.8, 4) is 0 Å². The molecule has 27 heavy (non-hydrogen) atoms. The minimum absolute atomic E-state index is 0.00871.